The topological polar surface area (TPSA) is 70.9 Å². The Morgan fingerprint density at radius 1 is 1.50 bits per heavy atom. The molecule has 16 heavy (non-hydrogen) atoms. The van der Waals surface area contributed by atoms with Crippen LogP contribution in [0.1, 0.15) is 15.9 Å². The third kappa shape index (κ3) is 2.13. The SMILES string of the molecule is CN=C(NC)c1cccc(OC)c1C(=O)O. The molecule has 0 radical (unpaired) electrons. The van der Waals surface area contributed by atoms with Crippen LogP contribution in [0.25, 0.3) is 0 Å². The van der Waals surface area contributed by atoms with Gasteiger partial charge in [0.1, 0.15) is 17.1 Å². The van der Waals surface area contributed by atoms with Crippen LogP contribution in [0.2, 0.25) is 0 Å². The minimum absolute atomic E-state index is 0.111. The normalized spacial score (nSPS) is 11.1. The molecule has 5 nitrogen and oxygen atoms in total. The van der Waals surface area contributed by atoms with Crippen LogP contribution in [0, 0.1) is 0 Å². The van der Waals surface area contributed by atoms with E-state index in [4.69, 9.17) is 9.84 Å². The van der Waals surface area contributed by atoms with Gasteiger partial charge in [-0.15, -0.1) is 0 Å². The van der Waals surface area contributed by atoms with E-state index >= 15 is 0 Å². The molecule has 2 N–H and O–H groups in total. The number of hydrogen-bond acceptors (Lipinski definition) is 3. The molecule has 1 aromatic rings. The first kappa shape index (κ1) is 12.0. The number of hydrogen-bond donors (Lipinski definition) is 2. The smallest absolute Gasteiger partial charge is 0.340 e. The summed E-state index contributed by atoms with van der Waals surface area (Å²) in [5.41, 5.74) is 0.622. The molecule has 0 saturated carbocycles. The summed E-state index contributed by atoms with van der Waals surface area (Å²) in [7, 11) is 4.72. The zero-order valence-electron chi connectivity index (χ0n) is 9.44. The summed E-state index contributed by atoms with van der Waals surface area (Å²) in [4.78, 5) is 15.2. The lowest BCUT2D eigenvalue weighted by molar-refractivity contribution is 0.0693. The number of methoxy groups -OCH3 is 1. The van der Waals surface area contributed by atoms with Crippen molar-refractivity contribution in [2.24, 2.45) is 4.99 Å². The Hall–Kier alpha value is -2.04. The van der Waals surface area contributed by atoms with Crippen LogP contribution in [0.4, 0.5) is 0 Å². The predicted octanol–water partition coefficient (Wildman–Crippen LogP) is 0.989. The van der Waals surface area contributed by atoms with E-state index in [0.717, 1.165) is 0 Å². The molecule has 0 saturated heterocycles. The van der Waals surface area contributed by atoms with Gasteiger partial charge < -0.3 is 15.2 Å². The third-order valence-corrected chi connectivity index (χ3v) is 2.18. The molecule has 1 rings (SSSR count). The largest absolute Gasteiger partial charge is 0.496 e. The van der Waals surface area contributed by atoms with Crippen molar-refractivity contribution in [3.63, 3.8) is 0 Å². The number of ether oxygens (including phenoxy) is 1. The summed E-state index contributed by atoms with van der Waals surface area (Å²) in [5, 5.41) is 12.0. The van der Waals surface area contributed by atoms with Gasteiger partial charge >= 0.3 is 5.97 Å². The molecule has 0 aromatic heterocycles. The first-order valence-corrected chi connectivity index (χ1v) is 4.70. The average molecular weight is 222 g/mol. The first-order valence-electron chi connectivity index (χ1n) is 4.70. The number of nitrogens with one attached hydrogen (secondary N) is 1. The molecule has 0 atom stereocenters. The highest BCUT2D eigenvalue weighted by Gasteiger charge is 2.18. The summed E-state index contributed by atoms with van der Waals surface area (Å²) in [6.45, 7) is 0. The summed E-state index contributed by atoms with van der Waals surface area (Å²) >= 11 is 0. The molecule has 0 heterocycles. The van der Waals surface area contributed by atoms with Crippen molar-refractivity contribution in [2.75, 3.05) is 21.2 Å². The van der Waals surface area contributed by atoms with Gasteiger partial charge in [-0.05, 0) is 6.07 Å². The van der Waals surface area contributed by atoms with Crippen molar-refractivity contribution in [1.29, 1.82) is 0 Å². The molecule has 0 aliphatic rings. The second-order valence-electron chi connectivity index (χ2n) is 3.01. The van der Waals surface area contributed by atoms with E-state index in [-0.39, 0.29) is 5.56 Å². The summed E-state index contributed by atoms with van der Waals surface area (Å²) in [6.07, 6.45) is 0. The number of aliphatic imine (C=N–C) groups is 1. The standard InChI is InChI=1S/C11H14N2O3/c1-12-10(13-2)7-5-4-6-8(16-3)9(7)11(14)15/h4-6H,1-3H3,(H,12,13)(H,14,15). The predicted molar refractivity (Wildman–Crippen MR) is 61.5 cm³/mol. The van der Waals surface area contributed by atoms with Crippen LogP contribution < -0.4 is 10.1 Å². The van der Waals surface area contributed by atoms with Crippen molar-refractivity contribution in [2.45, 2.75) is 0 Å². The zero-order chi connectivity index (χ0) is 12.1. The molecule has 0 aliphatic heterocycles. The van der Waals surface area contributed by atoms with E-state index in [1.54, 1.807) is 32.3 Å². The number of aromatic carboxylic acids is 1. The Balaban J connectivity index is 3.44. The van der Waals surface area contributed by atoms with Gasteiger partial charge in [0, 0.05) is 19.7 Å². The van der Waals surface area contributed by atoms with Crippen LogP contribution in [-0.2, 0) is 0 Å². The lowest BCUT2D eigenvalue weighted by Crippen LogP contribution is -2.22. The van der Waals surface area contributed by atoms with E-state index in [0.29, 0.717) is 17.1 Å². The van der Waals surface area contributed by atoms with Gasteiger partial charge in [0.15, 0.2) is 0 Å². The fraction of sp³-hybridized carbons (Fsp3) is 0.273. The molecule has 0 amide bonds. The van der Waals surface area contributed by atoms with Crippen molar-refractivity contribution >= 4 is 11.8 Å². The van der Waals surface area contributed by atoms with Crippen LogP contribution in [0.3, 0.4) is 0 Å². The molecule has 0 aliphatic carbocycles. The molecule has 0 spiro atoms. The van der Waals surface area contributed by atoms with E-state index < -0.39 is 5.97 Å². The van der Waals surface area contributed by atoms with Crippen molar-refractivity contribution < 1.29 is 14.6 Å². The maximum Gasteiger partial charge on any atom is 0.340 e. The van der Waals surface area contributed by atoms with E-state index in [2.05, 4.69) is 10.3 Å². The van der Waals surface area contributed by atoms with Gasteiger partial charge in [-0.1, -0.05) is 12.1 Å². The number of benzene rings is 1. The van der Waals surface area contributed by atoms with Gasteiger partial charge in [-0.3, -0.25) is 4.99 Å². The van der Waals surface area contributed by atoms with Crippen LogP contribution in [0.5, 0.6) is 5.75 Å². The zero-order valence-corrected chi connectivity index (χ0v) is 9.44. The highest BCUT2D eigenvalue weighted by atomic mass is 16.5. The van der Waals surface area contributed by atoms with E-state index in [9.17, 15) is 4.79 Å². The number of carboxylic acid groups (broad SMARTS) is 1. The van der Waals surface area contributed by atoms with Gasteiger partial charge in [0.25, 0.3) is 0 Å². The molecular weight excluding hydrogens is 208 g/mol. The molecule has 86 valence electrons. The van der Waals surface area contributed by atoms with Crippen LogP contribution >= 0.6 is 0 Å². The number of rotatable bonds is 3. The molecule has 0 bridgehead atoms. The number of nitrogens with zero attached hydrogens (tertiary/aromatic N) is 1. The highest BCUT2D eigenvalue weighted by molar-refractivity contribution is 6.08. The fourth-order valence-corrected chi connectivity index (χ4v) is 1.49. The minimum Gasteiger partial charge on any atom is -0.496 e. The van der Waals surface area contributed by atoms with E-state index in [1.165, 1.54) is 7.11 Å². The second-order valence-corrected chi connectivity index (χ2v) is 3.01. The summed E-state index contributed by atoms with van der Waals surface area (Å²) in [5.74, 6) is -0.207. The maximum absolute atomic E-state index is 11.2. The Bertz CT molecular complexity index is 427. The quantitative estimate of drug-likeness (QED) is 0.591. The molecule has 0 unspecified atom stereocenters. The average Bonchev–Trinajstić information content (AvgIpc) is 2.30. The van der Waals surface area contributed by atoms with Gasteiger partial charge in [0.2, 0.25) is 0 Å². The van der Waals surface area contributed by atoms with E-state index in [1.807, 2.05) is 0 Å². The minimum atomic E-state index is -1.04. The Morgan fingerprint density at radius 3 is 2.62 bits per heavy atom. The number of amidine groups is 1. The fourth-order valence-electron chi connectivity index (χ4n) is 1.49. The lowest BCUT2D eigenvalue weighted by Gasteiger charge is -2.11. The van der Waals surface area contributed by atoms with Gasteiger partial charge in [-0.2, -0.15) is 0 Å². The van der Waals surface area contributed by atoms with Crippen molar-refractivity contribution in [3.8, 4) is 5.75 Å². The number of carbonyl (C=O) groups is 1. The second kappa shape index (κ2) is 5.16. The molecule has 0 fully saturated rings. The van der Waals surface area contributed by atoms with Gasteiger partial charge in [-0.25, -0.2) is 4.79 Å². The Kier molecular flexibility index (Phi) is 3.88. The summed E-state index contributed by atoms with van der Waals surface area (Å²) < 4.78 is 5.02. The number of carboxylic acids is 1. The maximum atomic E-state index is 11.2. The highest BCUT2D eigenvalue weighted by Crippen LogP contribution is 2.22. The summed E-state index contributed by atoms with van der Waals surface area (Å²) in [6, 6.07) is 5.02. The third-order valence-electron chi connectivity index (χ3n) is 2.18. The Labute approximate surface area is 93.8 Å². The molecule has 1 aromatic carbocycles. The van der Waals surface area contributed by atoms with Crippen molar-refractivity contribution in [3.05, 3.63) is 29.3 Å². The molecular formula is C11H14N2O3. The lowest BCUT2D eigenvalue weighted by atomic mass is 10.1. The Morgan fingerprint density at radius 2 is 2.19 bits per heavy atom. The van der Waals surface area contributed by atoms with Crippen LogP contribution in [0.15, 0.2) is 23.2 Å². The molecule has 5 heteroatoms. The van der Waals surface area contributed by atoms with Gasteiger partial charge in [0.05, 0.1) is 7.11 Å². The van der Waals surface area contributed by atoms with Crippen LogP contribution in [-0.4, -0.2) is 38.1 Å². The van der Waals surface area contributed by atoms with Crippen molar-refractivity contribution in [1.82, 2.24) is 5.32 Å². The monoisotopic (exact) mass is 222 g/mol. The first-order chi connectivity index (χ1) is 7.65.